The number of rotatable bonds is 5. The van der Waals surface area contributed by atoms with E-state index in [4.69, 9.17) is 12.2 Å². The number of pyridine rings is 1. The number of aromatic nitrogens is 3. The van der Waals surface area contributed by atoms with Gasteiger partial charge in [-0.25, -0.2) is 0 Å². The largest absolute Gasteiger partial charge is 0.494 e. The van der Waals surface area contributed by atoms with Crippen LogP contribution in [-0.4, -0.2) is 25.9 Å². The molecular formula is C15H18N4O2S. The molecule has 0 spiro atoms. The Morgan fingerprint density at radius 3 is 3.00 bits per heavy atom. The van der Waals surface area contributed by atoms with Crippen LogP contribution in [0.1, 0.15) is 37.4 Å². The minimum atomic E-state index is -0.447. The lowest BCUT2D eigenvalue weighted by atomic mass is 10.2. The molecule has 0 aromatic carbocycles. The molecule has 0 aliphatic rings. The average Bonchev–Trinajstić information content (AvgIpc) is 2.51. The van der Waals surface area contributed by atoms with E-state index in [0.29, 0.717) is 6.54 Å². The Balaban J connectivity index is 2.35. The van der Waals surface area contributed by atoms with Crippen molar-refractivity contribution < 1.29 is 5.11 Å². The fourth-order valence-corrected chi connectivity index (χ4v) is 2.35. The van der Waals surface area contributed by atoms with E-state index in [-0.39, 0.29) is 22.3 Å². The first-order valence-corrected chi connectivity index (χ1v) is 7.42. The van der Waals surface area contributed by atoms with Gasteiger partial charge in [0.2, 0.25) is 5.88 Å². The highest BCUT2D eigenvalue weighted by Crippen LogP contribution is 2.20. The molecule has 0 aliphatic heterocycles. The van der Waals surface area contributed by atoms with E-state index < -0.39 is 5.56 Å². The molecule has 0 fully saturated rings. The molecule has 2 aromatic heterocycles. The zero-order valence-electron chi connectivity index (χ0n) is 12.5. The topological polar surface area (TPSA) is 83.3 Å². The van der Waals surface area contributed by atoms with Gasteiger partial charge in [-0.1, -0.05) is 13.0 Å². The summed E-state index contributed by atoms with van der Waals surface area (Å²) in [7, 11) is 0. The number of hydrogen-bond donors (Lipinski definition) is 2. The van der Waals surface area contributed by atoms with Crippen molar-refractivity contribution in [1.29, 1.82) is 0 Å². The second kappa shape index (κ2) is 7.13. The zero-order chi connectivity index (χ0) is 16.1. The molecule has 22 heavy (non-hydrogen) atoms. The number of H-pyrrole nitrogens is 1. The number of hydrogen-bond acceptors (Lipinski definition) is 5. The van der Waals surface area contributed by atoms with Crippen LogP contribution in [0.5, 0.6) is 5.88 Å². The molecule has 0 saturated carbocycles. The molecule has 1 atom stereocenters. The van der Waals surface area contributed by atoms with Gasteiger partial charge in [0.05, 0.1) is 6.54 Å². The van der Waals surface area contributed by atoms with Gasteiger partial charge in [0.15, 0.2) is 4.77 Å². The molecule has 2 N–H and O–H groups in total. The van der Waals surface area contributed by atoms with E-state index in [1.54, 1.807) is 12.4 Å². The second-order valence-corrected chi connectivity index (χ2v) is 5.34. The molecule has 0 aliphatic carbocycles. The van der Waals surface area contributed by atoms with Gasteiger partial charge in [-0.05, 0) is 37.2 Å². The van der Waals surface area contributed by atoms with Crippen LogP contribution in [0.3, 0.4) is 0 Å². The SMILES string of the molecule is CC[C@H](C)n1c(O)c(C=NCc2cccnc2)c(=O)[nH]c1=S. The van der Waals surface area contributed by atoms with Crippen LogP contribution in [0.4, 0.5) is 0 Å². The average molecular weight is 318 g/mol. The van der Waals surface area contributed by atoms with E-state index in [9.17, 15) is 9.90 Å². The third-order valence-electron chi connectivity index (χ3n) is 3.40. The maximum Gasteiger partial charge on any atom is 0.264 e. The summed E-state index contributed by atoms with van der Waals surface area (Å²) in [5.74, 6) is -0.155. The van der Waals surface area contributed by atoms with Crippen LogP contribution in [0.15, 0.2) is 34.3 Å². The number of aromatic amines is 1. The molecule has 2 rings (SSSR count). The Bertz CT molecular complexity index is 780. The monoisotopic (exact) mass is 318 g/mol. The van der Waals surface area contributed by atoms with Crippen molar-refractivity contribution in [2.75, 3.05) is 0 Å². The summed E-state index contributed by atoms with van der Waals surface area (Å²) < 4.78 is 1.74. The van der Waals surface area contributed by atoms with Gasteiger partial charge in [-0.15, -0.1) is 0 Å². The molecule has 7 heteroatoms. The molecule has 2 heterocycles. The van der Waals surface area contributed by atoms with E-state index in [2.05, 4.69) is 15.0 Å². The Morgan fingerprint density at radius 1 is 1.59 bits per heavy atom. The minimum Gasteiger partial charge on any atom is -0.494 e. The number of aromatic hydroxyl groups is 1. The van der Waals surface area contributed by atoms with Gasteiger partial charge in [0.1, 0.15) is 5.56 Å². The summed E-state index contributed by atoms with van der Waals surface area (Å²) >= 11 is 5.11. The lowest BCUT2D eigenvalue weighted by Gasteiger charge is -2.16. The summed E-state index contributed by atoms with van der Waals surface area (Å²) in [5, 5.41) is 10.3. The highest BCUT2D eigenvalue weighted by molar-refractivity contribution is 7.71. The molecule has 0 radical (unpaired) electrons. The summed E-state index contributed by atoms with van der Waals surface area (Å²) in [4.78, 5) is 22.7. The normalized spacial score (nSPS) is 12.6. The van der Waals surface area contributed by atoms with Gasteiger partial charge < -0.3 is 5.11 Å². The van der Waals surface area contributed by atoms with Gasteiger partial charge in [-0.3, -0.25) is 24.3 Å². The molecule has 116 valence electrons. The van der Waals surface area contributed by atoms with Crippen molar-refractivity contribution in [1.82, 2.24) is 14.5 Å². The van der Waals surface area contributed by atoms with Crippen LogP contribution >= 0.6 is 12.2 Å². The summed E-state index contributed by atoms with van der Waals surface area (Å²) in [6.07, 6.45) is 5.53. The van der Waals surface area contributed by atoms with Gasteiger partial charge in [0.25, 0.3) is 5.56 Å². The van der Waals surface area contributed by atoms with E-state index in [1.165, 1.54) is 10.8 Å². The van der Waals surface area contributed by atoms with Crippen LogP contribution in [0.2, 0.25) is 0 Å². The van der Waals surface area contributed by atoms with Crippen LogP contribution in [0, 0.1) is 4.77 Å². The molecule has 0 bridgehead atoms. The third kappa shape index (κ3) is 3.48. The zero-order valence-corrected chi connectivity index (χ0v) is 13.3. The first kappa shape index (κ1) is 16.1. The minimum absolute atomic E-state index is 0.0187. The number of aliphatic imine (C=N–C) groups is 1. The number of nitrogens with one attached hydrogen (secondary N) is 1. The fourth-order valence-electron chi connectivity index (χ4n) is 1.99. The summed E-state index contributed by atoms with van der Waals surface area (Å²) in [6.45, 7) is 4.28. The Hall–Kier alpha value is -2.28. The molecule has 0 amide bonds. The van der Waals surface area contributed by atoms with Gasteiger partial charge in [0, 0.05) is 24.7 Å². The van der Waals surface area contributed by atoms with Crippen molar-refractivity contribution in [3.05, 3.63) is 50.8 Å². The molecular weight excluding hydrogens is 300 g/mol. The molecule has 0 unspecified atom stereocenters. The van der Waals surface area contributed by atoms with E-state index in [0.717, 1.165) is 12.0 Å². The number of nitrogens with zero attached hydrogens (tertiary/aromatic N) is 3. The van der Waals surface area contributed by atoms with Gasteiger partial charge >= 0.3 is 0 Å². The third-order valence-corrected chi connectivity index (χ3v) is 3.70. The van der Waals surface area contributed by atoms with Crippen molar-refractivity contribution in [2.45, 2.75) is 32.9 Å². The standard InChI is InChI=1S/C15H18N4O2S/c1-3-10(2)19-14(21)12(13(20)18-15(19)22)9-17-8-11-5-4-6-16-7-11/h4-7,9-10,21H,3,8H2,1-2H3,(H,18,20,22)/t10-/m0/s1. The summed E-state index contributed by atoms with van der Waals surface area (Å²) in [6, 6.07) is 3.69. The lowest BCUT2D eigenvalue weighted by molar-refractivity contribution is 0.371. The Kier molecular flexibility index (Phi) is 5.21. The summed E-state index contributed by atoms with van der Waals surface area (Å²) in [5.41, 5.74) is 0.583. The lowest BCUT2D eigenvalue weighted by Crippen LogP contribution is -2.20. The van der Waals surface area contributed by atoms with Gasteiger partial charge in [-0.2, -0.15) is 0 Å². The maximum absolute atomic E-state index is 12.0. The molecule has 2 aromatic rings. The van der Waals surface area contributed by atoms with E-state index >= 15 is 0 Å². The maximum atomic E-state index is 12.0. The quantitative estimate of drug-likeness (QED) is 0.655. The van der Waals surface area contributed by atoms with Crippen LogP contribution < -0.4 is 5.56 Å². The van der Waals surface area contributed by atoms with Crippen LogP contribution in [-0.2, 0) is 6.54 Å². The fraction of sp³-hybridized carbons (Fsp3) is 0.333. The van der Waals surface area contributed by atoms with E-state index in [1.807, 2.05) is 26.0 Å². The molecule has 6 nitrogen and oxygen atoms in total. The van der Waals surface area contributed by atoms with Crippen molar-refractivity contribution in [2.24, 2.45) is 4.99 Å². The smallest absolute Gasteiger partial charge is 0.264 e. The Labute approximate surface area is 133 Å². The first-order chi connectivity index (χ1) is 10.5. The second-order valence-electron chi connectivity index (χ2n) is 4.95. The highest BCUT2D eigenvalue weighted by Gasteiger charge is 2.14. The van der Waals surface area contributed by atoms with Crippen LogP contribution in [0.25, 0.3) is 0 Å². The van der Waals surface area contributed by atoms with Crippen molar-refractivity contribution in [3.8, 4) is 5.88 Å². The first-order valence-electron chi connectivity index (χ1n) is 7.01. The predicted molar refractivity (Wildman–Crippen MR) is 88.1 cm³/mol. The Morgan fingerprint density at radius 2 is 2.36 bits per heavy atom. The predicted octanol–water partition coefficient (Wildman–Crippen LogP) is 2.60. The van der Waals surface area contributed by atoms with Crippen molar-refractivity contribution >= 4 is 18.4 Å². The molecule has 0 saturated heterocycles. The van der Waals surface area contributed by atoms with Crippen molar-refractivity contribution in [3.63, 3.8) is 0 Å². The highest BCUT2D eigenvalue weighted by atomic mass is 32.1.